The minimum absolute atomic E-state index is 0.151. The third-order valence-corrected chi connectivity index (χ3v) is 3.38. The zero-order valence-corrected chi connectivity index (χ0v) is 13.8. The molecule has 0 aliphatic heterocycles. The Morgan fingerprint density at radius 2 is 2.08 bits per heavy atom. The van der Waals surface area contributed by atoms with Gasteiger partial charge in [-0.2, -0.15) is 10.2 Å². The highest BCUT2D eigenvalue weighted by atomic mass is 35.5. The number of carbonyl (C=O) groups is 1. The summed E-state index contributed by atoms with van der Waals surface area (Å²) in [4.78, 5) is 12.0. The largest absolute Gasteiger partial charge is 0.471 e. The summed E-state index contributed by atoms with van der Waals surface area (Å²) >= 11 is 5.90. The maximum atomic E-state index is 12.0. The molecule has 0 saturated heterocycles. The SMILES string of the molecule is Cc1cnn(CC(=O)Nc2cnn(COc3cccc(Cl)c3)c2)c1. The predicted octanol–water partition coefficient (Wildman–Crippen LogP) is 2.72. The van der Waals surface area contributed by atoms with E-state index in [-0.39, 0.29) is 19.2 Å². The van der Waals surface area contributed by atoms with Gasteiger partial charge in [-0.3, -0.25) is 9.48 Å². The van der Waals surface area contributed by atoms with Gasteiger partial charge in [0.05, 0.1) is 24.3 Å². The third kappa shape index (κ3) is 4.36. The molecule has 2 aromatic heterocycles. The average molecular weight is 346 g/mol. The summed E-state index contributed by atoms with van der Waals surface area (Å²) in [5.41, 5.74) is 1.60. The van der Waals surface area contributed by atoms with E-state index >= 15 is 0 Å². The first kappa shape index (κ1) is 16.1. The lowest BCUT2D eigenvalue weighted by molar-refractivity contribution is -0.116. The molecule has 0 unspecified atom stereocenters. The molecule has 1 N–H and O–H groups in total. The molecular formula is C16H16ClN5O2. The van der Waals surface area contributed by atoms with Crippen LogP contribution in [0.1, 0.15) is 5.56 Å². The number of hydrogen-bond donors (Lipinski definition) is 1. The van der Waals surface area contributed by atoms with E-state index in [0.717, 1.165) is 5.56 Å². The molecule has 8 heteroatoms. The van der Waals surface area contributed by atoms with Crippen molar-refractivity contribution < 1.29 is 9.53 Å². The highest BCUT2D eigenvalue weighted by Crippen LogP contribution is 2.17. The van der Waals surface area contributed by atoms with Gasteiger partial charge in [-0.05, 0) is 30.7 Å². The fourth-order valence-electron chi connectivity index (χ4n) is 2.10. The summed E-state index contributed by atoms with van der Waals surface area (Å²) < 4.78 is 8.74. The molecule has 2 heterocycles. The van der Waals surface area contributed by atoms with Crippen LogP contribution in [-0.4, -0.2) is 25.5 Å². The van der Waals surface area contributed by atoms with Crippen LogP contribution in [0.2, 0.25) is 5.02 Å². The number of ether oxygens (including phenoxy) is 1. The molecule has 0 bridgehead atoms. The fraction of sp³-hybridized carbons (Fsp3) is 0.188. The summed E-state index contributed by atoms with van der Waals surface area (Å²) in [6, 6.07) is 7.12. The molecule has 1 amide bonds. The van der Waals surface area contributed by atoms with Gasteiger partial charge in [-0.15, -0.1) is 0 Å². The van der Waals surface area contributed by atoms with E-state index < -0.39 is 0 Å². The number of nitrogens with zero attached hydrogens (tertiary/aromatic N) is 4. The van der Waals surface area contributed by atoms with Crippen molar-refractivity contribution in [1.29, 1.82) is 0 Å². The molecule has 0 fully saturated rings. The van der Waals surface area contributed by atoms with Crippen LogP contribution in [0.25, 0.3) is 0 Å². The van der Waals surface area contributed by atoms with Crippen LogP contribution in [0.5, 0.6) is 5.75 Å². The molecule has 0 atom stereocenters. The van der Waals surface area contributed by atoms with Crippen molar-refractivity contribution in [2.24, 2.45) is 0 Å². The molecule has 24 heavy (non-hydrogen) atoms. The summed E-state index contributed by atoms with van der Waals surface area (Å²) in [5, 5.41) is 11.6. The molecule has 3 rings (SSSR count). The van der Waals surface area contributed by atoms with Crippen molar-refractivity contribution in [2.75, 3.05) is 5.32 Å². The summed E-state index contributed by atoms with van der Waals surface area (Å²) in [6.07, 6.45) is 6.77. The van der Waals surface area contributed by atoms with Crippen LogP contribution in [0.4, 0.5) is 5.69 Å². The molecule has 0 aliphatic rings. The predicted molar refractivity (Wildman–Crippen MR) is 89.9 cm³/mol. The highest BCUT2D eigenvalue weighted by Gasteiger charge is 2.06. The van der Waals surface area contributed by atoms with Crippen molar-refractivity contribution in [3.05, 3.63) is 59.6 Å². The Labute approximate surface area is 143 Å². The lowest BCUT2D eigenvalue weighted by Crippen LogP contribution is -2.18. The number of aromatic nitrogens is 4. The van der Waals surface area contributed by atoms with Crippen LogP contribution >= 0.6 is 11.6 Å². The minimum atomic E-state index is -0.173. The van der Waals surface area contributed by atoms with Gasteiger partial charge >= 0.3 is 0 Å². The molecule has 0 aliphatic carbocycles. The third-order valence-electron chi connectivity index (χ3n) is 3.14. The van der Waals surface area contributed by atoms with Gasteiger partial charge < -0.3 is 10.1 Å². The van der Waals surface area contributed by atoms with E-state index in [9.17, 15) is 4.79 Å². The number of anilines is 1. The van der Waals surface area contributed by atoms with Gasteiger partial charge in [0.2, 0.25) is 5.91 Å². The second-order valence-electron chi connectivity index (χ2n) is 5.26. The number of amides is 1. The first-order chi connectivity index (χ1) is 11.6. The van der Waals surface area contributed by atoms with Crippen molar-refractivity contribution >= 4 is 23.2 Å². The van der Waals surface area contributed by atoms with Gasteiger partial charge in [0, 0.05) is 11.2 Å². The van der Waals surface area contributed by atoms with Crippen molar-refractivity contribution in [2.45, 2.75) is 20.2 Å². The van der Waals surface area contributed by atoms with Crippen LogP contribution in [-0.2, 0) is 18.1 Å². The van der Waals surface area contributed by atoms with Crippen LogP contribution < -0.4 is 10.1 Å². The zero-order chi connectivity index (χ0) is 16.9. The summed E-state index contributed by atoms with van der Waals surface area (Å²) in [7, 11) is 0. The van der Waals surface area contributed by atoms with E-state index in [2.05, 4.69) is 15.5 Å². The Hall–Kier alpha value is -2.80. The monoisotopic (exact) mass is 345 g/mol. The summed E-state index contributed by atoms with van der Waals surface area (Å²) in [6.45, 7) is 2.29. The van der Waals surface area contributed by atoms with Crippen molar-refractivity contribution in [3.63, 3.8) is 0 Å². The lowest BCUT2D eigenvalue weighted by atomic mass is 10.3. The second kappa shape index (κ2) is 7.18. The quantitative estimate of drug-likeness (QED) is 0.745. The van der Waals surface area contributed by atoms with E-state index in [1.165, 1.54) is 0 Å². The van der Waals surface area contributed by atoms with Crippen molar-refractivity contribution in [3.8, 4) is 5.75 Å². The van der Waals surface area contributed by atoms with Gasteiger partial charge in [0.25, 0.3) is 0 Å². The topological polar surface area (TPSA) is 74.0 Å². The van der Waals surface area contributed by atoms with E-state index in [0.29, 0.717) is 16.5 Å². The molecule has 3 aromatic rings. The number of aryl methyl sites for hydroxylation is 1. The molecule has 7 nitrogen and oxygen atoms in total. The number of rotatable bonds is 6. The second-order valence-corrected chi connectivity index (χ2v) is 5.70. The maximum absolute atomic E-state index is 12.0. The molecule has 0 saturated carbocycles. The maximum Gasteiger partial charge on any atom is 0.246 e. The first-order valence-corrected chi connectivity index (χ1v) is 7.66. The minimum Gasteiger partial charge on any atom is -0.471 e. The average Bonchev–Trinajstić information content (AvgIpc) is 3.14. The standard InChI is InChI=1S/C16H16ClN5O2/c1-12-6-18-21(8-12)10-16(23)20-14-7-19-22(9-14)11-24-15-4-2-3-13(17)5-15/h2-9H,10-11H2,1H3,(H,20,23). The van der Waals surface area contributed by atoms with Gasteiger partial charge in [0.1, 0.15) is 12.3 Å². The molecule has 0 radical (unpaired) electrons. The number of halogens is 1. The fourth-order valence-corrected chi connectivity index (χ4v) is 2.28. The summed E-state index contributed by atoms with van der Waals surface area (Å²) in [5.74, 6) is 0.478. The van der Waals surface area contributed by atoms with Gasteiger partial charge in [-0.1, -0.05) is 17.7 Å². The lowest BCUT2D eigenvalue weighted by Gasteiger charge is -2.06. The number of carbonyl (C=O) groups excluding carboxylic acids is 1. The Morgan fingerprint density at radius 1 is 1.25 bits per heavy atom. The molecule has 1 aromatic carbocycles. The number of benzene rings is 1. The Kier molecular flexibility index (Phi) is 4.81. The normalized spacial score (nSPS) is 10.6. The highest BCUT2D eigenvalue weighted by molar-refractivity contribution is 6.30. The molecule has 0 spiro atoms. The van der Waals surface area contributed by atoms with Gasteiger partial charge in [-0.25, -0.2) is 4.68 Å². The van der Waals surface area contributed by atoms with Crippen molar-refractivity contribution in [1.82, 2.24) is 19.6 Å². The Bertz CT molecular complexity index is 842. The van der Waals surface area contributed by atoms with E-state index in [1.54, 1.807) is 40.1 Å². The Balaban J connectivity index is 1.52. The number of hydrogen-bond acceptors (Lipinski definition) is 4. The van der Waals surface area contributed by atoms with Crippen LogP contribution in [0.15, 0.2) is 49.1 Å². The van der Waals surface area contributed by atoms with Crippen LogP contribution in [0, 0.1) is 6.92 Å². The molecular weight excluding hydrogens is 330 g/mol. The van der Waals surface area contributed by atoms with E-state index in [1.807, 2.05) is 25.3 Å². The zero-order valence-electron chi connectivity index (χ0n) is 13.0. The molecule has 124 valence electrons. The smallest absolute Gasteiger partial charge is 0.246 e. The van der Waals surface area contributed by atoms with Crippen LogP contribution in [0.3, 0.4) is 0 Å². The first-order valence-electron chi connectivity index (χ1n) is 7.28. The number of nitrogens with one attached hydrogen (secondary N) is 1. The van der Waals surface area contributed by atoms with Gasteiger partial charge in [0.15, 0.2) is 6.73 Å². The van der Waals surface area contributed by atoms with E-state index in [4.69, 9.17) is 16.3 Å². The Morgan fingerprint density at radius 3 is 2.83 bits per heavy atom.